The Hall–Kier alpha value is -2.02. The minimum absolute atomic E-state index is 0. The zero-order valence-corrected chi connectivity index (χ0v) is 13.9. The Morgan fingerprint density at radius 3 is 2.79 bits per heavy atom. The van der Waals surface area contributed by atoms with Crippen LogP contribution in [0.25, 0.3) is 0 Å². The molecule has 0 bridgehead atoms. The fourth-order valence-corrected chi connectivity index (χ4v) is 2.56. The molecule has 2 atom stereocenters. The van der Waals surface area contributed by atoms with Crippen molar-refractivity contribution in [2.24, 2.45) is 5.92 Å². The molecule has 1 aliphatic rings. The quantitative estimate of drug-likeness (QED) is 0.735. The average Bonchev–Trinajstić information content (AvgIpc) is 3.20. The third kappa shape index (κ3) is 4.50. The van der Waals surface area contributed by atoms with Crippen LogP contribution in [0.15, 0.2) is 47.1 Å². The molecule has 130 valence electrons. The highest BCUT2D eigenvalue weighted by molar-refractivity contribution is 5.92. The Bertz CT molecular complexity index is 647. The largest absolute Gasteiger partial charge is 0.489 e. The minimum atomic E-state index is -0.423. The molecule has 24 heavy (non-hydrogen) atoms. The van der Waals surface area contributed by atoms with Crippen LogP contribution in [-0.4, -0.2) is 36.8 Å². The van der Waals surface area contributed by atoms with Gasteiger partial charge in [0.25, 0.3) is 5.91 Å². The number of ether oxygens (including phenoxy) is 1. The van der Waals surface area contributed by atoms with Gasteiger partial charge in [-0.2, -0.15) is 0 Å². The number of carbonyl (C=O) groups is 1. The maximum atomic E-state index is 12.2. The molecule has 1 saturated heterocycles. The number of aliphatic hydroxyl groups is 1. The molecule has 3 N–H and O–H groups in total. The van der Waals surface area contributed by atoms with Gasteiger partial charge in [-0.15, -0.1) is 12.4 Å². The number of para-hydroxylation sites is 1. The molecule has 0 saturated carbocycles. The molecule has 1 fully saturated rings. The van der Waals surface area contributed by atoms with Gasteiger partial charge in [0.05, 0.1) is 12.4 Å². The summed E-state index contributed by atoms with van der Waals surface area (Å²) in [7, 11) is 0. The van der Waals surface area contributed by atoms with Crippen molar-refractivity contribution in [3.8, 4) is 5.75 Å². The van der Waals surface area contributed by atoms with Crippen molar-refractivity contribution in [3.05, 3.63) is 54.0 Å². The molecule has 0 radical (unpaired) electrons. The van der Waals surface area contributed by atoms with Crippen LogP contribution >= 0.6 is 12.4 Å². The number of β-amino-alcohol motifs (C(OH)–C–C–N with tert-alkyl or cyclic N) is 1. The second-order valence-electron chi connectivity index (χ2n) is 5.57. The molecule has 1 aliphatic heterocycles. The van der Waals surface area contributed by atoms with Crippen LogP contribution in [0.1, 0.15) is 16.1 Å². The van der Waals surface area contributed by atoms with Gasteiger partial charge in [0.15, 0.2) is 5.76 Å². The van der Waals surface area contributed by atoms with Crippen molar-refractivity contribution in [1.82, 2.24) is 10.6 Å². The maximum Gasteiger partial charge on any atom is 0.287 e. The van der Waals surface area contributed by atoms with Crippen molar-refractivity contribution in [1.29, 1.82) is 0 Å². The Balaban J connectivity index is 0.00000208. The van der Waals surface area contributed by atoms with Crippen LogP contribution in [0.2, 0.25) is 0 Å². The van der Waals surface area contributed by atoms with Gasteiger partial charge < -0.3 is 24.9 Å². The Morgan fingerprint density at radius 1 is 1.29 bits per heavy atom. The van der Waals surface area contributed by atoms with Crippen LogP contribution in [0.5, 0.6) is 5.75 Å². The summed E-state index contributed by atoms with van der Waals surface area (Å²) in [4.78, 5) is 12.2. The first kappa shape index (κ1) is 18.3. The van der Waals surface area contributed by atoms with Crippen molar-refractivity contribution in [2.45, 2.75) is 12.7 Å². The normalized spacial score (nSPS) is 19.5. The number of amides is 1. The van der Waals surface area contributed by atoms with E-state index in [1.54, 1.807) is 6.07 Å². The van der Waals surface area contributed by atoms with Gasteiger partial charge in [-0.05, 0) is 18.2 Å². The summed E-state index contributed by atoms with van der Waals surface area (Å²) in [5.41, 5.74) is 0.691. The van der Waals surface area contributed by atoms with E-state index in [-0.39, 0.29) is 36.6 Å². The summed E-state index contributed by atoms with van der Waals surface area (Å²) >= 11 is 0. The van der Waals surface area contributed by atoms with E-state index >= 15 is 0 Å². The minimum Gasteiger partial charge on any atom is -0.489 e. The van der Waals surface area contributed by atoms with Gasteiger partial charge in [0.2, 0.25) is 0 Å². The summed E-state index contributed by atoms with van der Waals surface area (Å²) < 4.78 is 10.9. The summed E-state index contributed by atoms with van der Waals surface area (Å²) in [5, 5.41) is 15.6. The predicted octanol–water partition coefficient (Wildman–Crippen LogP) is 1.59. The number of hydrogen-bond donors (Lipinski definition) is 3. The average molecular weight is 353 g/mol. The molecule has 0 spiro atoms. The number of halogens is 1. The van der Waals surface area contributed by atoms with Gasteiger partial charge in [-0.3, -0.25) is 4.79 Å². The van der Waals surface area contributed by atoms with E-state index in [1.165, 1.54) is 6.26 Å². The van der Waals surface area contributed by atoms with E-state index in [4.69, 9.17) is 9.15 Å². The molecule has 7 heteroatoms. The molecular formula is C17H21ClN2O4. The van der Waals surface area contributed by atoms with Gasteiger partial charge in [-0.25, -0.2) is 0 Å². The lowest BCUT2D eigenvalue weighted by Gasteiger charge is -2.13. The highest BCUT2D eigenvalue weighted by Gasteiger charge is 2.26. The molecule has 6 nitrogen and oxygen atoms in total. The van der Waals surface area contributed by atoms with Gasteiger partial charge in [0.1, 0.15) is 12.4 Å². The van der Waals surface area contributed by atoms with Crippen LogP contribution in [0, 0.1) is 5.92 Å². The lowest BCUT2D eigenvalue weighted by atomic mass is 10.1. The van der Waals surface area contributed by atoms with E-state index in [9.17, 15) is 9.90 Å². The smallest absolute Gasteiger partial charge is 0.287 e. The van der Waals surface area contributed by atoms with E-state index in [0.717, 1.165) is 5.75 Å². The number of nitrogens with one attached hydrogen (secondary N) is 2. The first-order valence-corrected chi connectivity index (χ1v) is 7.65. The van der Waals surface area contributed by atoms with Crippen molar-refractivity contribution in [3.63, 3.8) is 0 Å². The number of benzene rings is 1. The number of carbonyl (C=O) groups excluding carboxylic acids is 1. The summed E-state index contributed by atoms with van der Waals surface area (Å²) in [6, 6.07) is 11.1. The highest BCUT2D eigenvalue weighted by Crippen LogP contribution is 2.16. The number of aliphatic hydroxyl groups excluding tert-OH is 1. The molecule has 1 amide bonds. The van der Waals surface area contributed by atoms with Crippen molar-refractivity contribution >= 4 is 18.3 Å². The highest BCUT2D eigenvalue weighted by atomic mass is 35.5. The van der Waals surface area contributed by atoms with Crippen molar-refractivity contribution < 1.29 is 19.1 Å². The molecular weight excluding hydrogens is 332 g/mol. The Morgan fingerprint density at radius 2 is 2.08 bits per heavy atom. The van der Waals surface area contributed by atoms with Crippen LogP contribution in [0.4, 0.5) is 0 Å². The van der Waals surface area contributed by atoms with E-state index in [0.29, 0.717) is 25.2 Å². The van der Waals surface area contributed by atoms with Gasteiger partial charge in [0, 0.05) is 31.1 Å². The topological polar surface area (TPSA) is 83.7 Å². The number of hydrogen-bond acceptors (Lipinski definition) is 5. The van der Waals surface area contributed by atoms with Gasteiger partial charge in [-0.1, -0.05) is 18.2 Å². The molecule has 3 rings (SSSR count). The standard InChI is InChI=1S/C17H20N2O4.ClH/c20-15-10-18-8-13(15)9-19-17(21)16-12(6-7-22-16)11-23-14-4-2-1-3-5-14;/h1-7,13,15,18,20H,8-11H2,(H,19,21);1H. The first-order chi connectivity index (χ1) is 11.2. The Labute approximate surface area is 146 Å². The third-order valence-corrected chi connectivity index (χ3v) is 3.92. The maximum absolute atomic E-state index is 12.2. The fraction of sp³-hybridized carbons (Fsp3) is 0.353. The second-order valence-corrected chi connectivity index (χ2v) is 5.57. The molecule has 2 heterocycles. The van der Waals surface area contributed by atoms with Crippen LogP contribution in [0.3, 0.4) is 0 Å². The monoisotopic (exact) mass is 352 g/mol. The van der Waals surface area contributed by atoms with Crippen LogP contribution in [-0.2, 0) is 6.61 Å². The van der Waals surface area contributed by atoms with Gasteiger partial charge >= 0.3 is 0 Å². The molecule has 2 aromatic rings. The second kappa shape index (κ2) is 8.73. The zero-order valence-electron chi connectivity index (χ0n) is 13.1. The van der Waals surface area contributed by atoms with Crippen molar-refractivity contribution in [2.75, 3.05) is 19.6 Å². The van der Waals surface area contributed by atoms with E-state index in [1.807, 2.05) is 30.3 Å². The first-order valence-electron chi connectivity index (χ1n) is 7.65. The predicted molar refractivity (Wildman–Crippen MR) is 91.4 cm³/mol. The zero-order chi connectivity index (χ0) is 16.1. The summed E-state index contributed by atoms with van der Waals surface area (Å²) in [6.07, 6.45) is 1.05. The molecule has 0 aliphatic carbocycles. The fourth-order valence-electron chi connectivity index (χ4n) is 2.56. The lowest BCUT2D eigenvalue weighted by molar-refractivity contribution is 0.0896. The summed E-state index contributed by atoms with van der Waals surface area (Å²) in [6.45, 7) is 1.94. The summed E-state index contributed by atoms with van der Waals surface area (Å²) in [5.74, 6) is 0.722. The van der Waals surface area contributed by atoms with E-state index < -0.39 is 6.10 Å². The molecule has 2 unspecified atom stereocenters. The molecule has 1 aromatic carbocycles. The third-order valence-electron chi connectivity index (χ3n) is 3.92. The van der Waals surface area contributed by atoms with E-state index in [2.05, 4.69) is 10.6 Å². The Kier molecular flexibility index (Phi) is 6.66. The lowest BCUT2D eigenvalue weighted by Crippen LogP contribution is -2.34. The molecule has 1 aromatic heterocycles. The van der Waals surface area contributed by atoms with Crippen LogP contribution < -0.4 is 15.4 Å². The number of rotatable bonds is 6. The SMILES string of the molecule is Cl.O=C(NCC1CNCC1O)c1occc1COc1ccccc1. The number of furan rings is 1.